The Balaban J connectivity index is 1.59. The lowest BCUT2D eigenvalue weighted by molar-refractivity contribution is -0.113. The minimum absolute atomic E-state index is 0.135. The smallest absolute Gasteiger partial charge is 0.283 e. The van der Waals surface area contributed by atoms with Gasteiger partial charge < -0.3 is 9.64 Å². The molecule has 1 saturated heterocycles. The molecule has 4 aromatic rings. The lowest BCUT2D eigenvalue weighted by Gasteiger charge is -2.14. The molecule has 0 atom stereocenters. The van der Waals surface area contributed by atoms with E-state index in [0.717, 1.165) is 21.4 Å². The zero-order valence-electron chi connectivity index (χ0n) is 21.5. The molecule has 0 unspecified atom stereocenters. The summed E-state index contributed by atoms with van der Waals surface area (Å²) in [5.74, 6) is 0.882. The molecule has 3 aromatic carbocycles. The number of fused-ring (bicyclic) bond motifs is 1. The highest BCUT2D eigenvalue weighted by Crippen LogP contribution is 2.46. The molecule has 1 aromatic heterocycles. The number of anilines is 2. The lowest BCUT2D eigenvalue weighted by Crippen LogP contribution is -2.35. The summed E-state index contributed by atoms with van der Waals surface area (Å²) in [5.41, 5.74) is 5.78. The van der Waals surface area contributed by atoms with E-state index in [4.69, 9.17) is 9.73 Å². The van der Waals surface area contributed by atoms with E-state index in [0.29, 0.717) is 38.5 Å². The topological polar surface area (TPSA) is 79.2 Å². The van der Waals surface area contributed by atoms with Crippen LogP contribution in [0.4, 0.5) is 17.1 Å². The highest BCUT2D eigenvalue weighted by molar-refractivity contribution is 8.08. The average Bonchev–Trinajstić information content (AvgIpc) is 3.59. The molecule has 39 heavy (non-hydrogen) atoms. The van der Waals surface area contributed by atoms with Crippen LogP contribution in [0.2, 0.25) is 0 Å². The molecule has 0 aliphatic carbocycles. The van der Waals surface area contributed by atoms with Crippen LogP contribution in [-0.4, -0.2) is 30.5 Å². The number of nitrogens with one attached hydrogen (secondary N) is 1. The maximum atomic E-state index is 13.9. The average molecular weight is 556 g/mol. The van der Waals surface area contributed by atoms with E-state index < -0.39 is 0 Å². The van der Waals surface area contributed by atoms with Gasteiger partial charge in [0.2, 0.25) is 0 Å². The number of aliphatic imine (C=N–C) groups is 1. The molecular weight excluding hydrogens is 530 g/mol. The number of amides is 1. The molecule has 1 N–H and O–H groups in total. The summed E-state index contributed by atoms with van der Waals surface area (Å²) < 4.78 is 8.21. The number of para-hydroxylation sites is 2. The van der Waals surface area contributed by atoms with Crippen molar-refractivity contribution < 1.29 is 9.53 Å². The molecule has 2 aliphatic rings. The quantitative estimate of drug-likeness (QED) is 0.414. The molecule has 0 saturated carbocycles. The van der Waals surface area contributed by atoms with Gasteiger partial charge in [-0.1, -0.05) is 48.2 Å². The maximum Gasteiger partial charge on any atom is 0.283 e. The number of ether oxygens (including phenoxy) is 1. The summed E-state index contributed by atoms with van der Waals surface area (Å²) in [4.78, 5) is 35.6. The van der Waals surface area contributed by atoms with Crippen LogP contribution in [0, 0.1) is 0 Å². The van der Waals surface area contributed by atoms with Gasteiger partial charge in [-0.25, -0.2) is 10.0 Å². The monoisotopic (exact) mass is 555 g/mol. The molecular formula is C29H25N5O3S2. The third kappa shape index (κ3) is 4.31. The summed E-state index contributed by atoms with van der Waals surface area (Å²) in [6.45, 7) is 2.32. The first-order valence-corrected chi connectivity index (χ1v) is 14.0. The van der Waals surface area contributed by atoms with E-state index in [1.165, 1.54) is 16.3 Å². The number of rotatable bonds is 4. The van der Waals surface area contributed by atoms with Gasteiger partial charge in [0.25, 0.3) is 11.5 Å². The zero-order valence-corrected chi connectivity index (χ0v) is 23.2. The van der Waals surface area contributed by atoms with Crippen molar-refractivity contribution in [2.24, 2.45) is 4.99 Å². The Bertz CT molecular complexity index is 1800. The van der Waals surface area contributed by atoms with Gasteiger partial charge in [0.15, 0.2) is 5.84 Å². The second kappa shape index (κ2) is 10.1. The summed E-state index contributed by atoms with van der Waals surface area (Å²) in [6.07, 6.45) is 0. The molecule has 2 aliphatic heterocycles. The number of amidine groups is 1. The molecule has 0 radical (unpaired) electrons. The SMILES string of the molecule is CCn1c(=C2C(=O)N(c3ccccc3)NC2=Nc2ccccc2)s/c(=C2/Sc3ccc(OC)cc3N2C)c1=O. The molecule has 8 nitrogen and oxygen atoms in total. The van der Waals surface area contributed by atoms with E-state index in [-0.39, 0.29) is 11.5 Å². The number of hydrogen-bond donors (Lipinski definition) is 1. The number of aromatic nitrogens is 1. The largest absolute Gasteiger partial charge is 0.497 e. The van der Waals surface area contributed by atoms with Gasteiger partial charge in [-0.15, -0.1) is 11.3 Å². The van der Waals surface area contributed by atoms with Crippen molar-refractivity contribution in [3.63, 3.8) is 0 Å². The van der Waals surface area contributed by atoms with Gasteiger partial charge >= 0.3 is 0 Å². The Morgan fingerprint density at radius 2 is 1.69 bits per heavy atom. The van der Waals surface area contributed by atoms with Crippen molar-refractivity contribution in [2.75, 3.05) is 24.1 Å². The predicted octanol–water partition coefficient (Wildman–Crippen LogP) is 3.68. The van der Waals surface area contributed by atoms with E-state index in [1.54, 1.807) is 23.4 Å². The number of thiazole rings is 1. The highest BCUT2D eigenvalue weighted by Gasteiger charge is 2.36. The van der Waals surface area contributed by atoms with Crippen molar-refractivity contribution in [1.82, 2.24) is 9.99 Å². The van der Waals surface area contributed by atoms with Crippen LogP contribution in [0.3, 0.4) is 0 Å². The second-order valence-corrected chi connectivity index (χ2v) is 10.9. The van der Waals surface area contributed by atoms with Crippen LogP contribution in [0.1, 0.15) is 6.92 Å². The number of hydrogen-bond acceptors (Lipinski definition) is 7. The third-order valence-corrected chi connectivity index (χ3v) is 9.08. The summed E-state index contributed by atoms with van der Waals surface area (Å²) in [6, 6.07) is 24.7. The summed E-state index contributed by atoms with van der Waals surface area (Å²) in [5, 5.41) is 2.30. The molecule has 10 heteroatoms. The number of benzene rings is 3. The fraction of sp³-hybridized carbons (Fsp3) is 0.138. The van der Waals surface area contributed by atoms with Crippen molar-refractivity contribution >= 4 is 62.5 Å². The molecule has 0 bridgehead atoms. The minimum atomic E-state index is -0.267. The van der Waals surface area contributed by atoms with Crippen LogP contribution < -0.4 is 34.8 Å². The Morgan fingerprint density at radius 3 is 2.38 bits per heavy atom. The van der Waals surface area contributed by atoms with Gasteiger partial charge in [-0.05, 0) is 43.3 Å². The molecule has 3 heterocycles. The van der Waals surface area contributed by atoms with Crippen molar-refractivity contribution in [1.29, 1.82) is 0 Å². The normalized spacial score (nSPS) is 18.5. The lowest BCUT2D eigenvalue weighted by atomic mass is 10.2. The number of hydrazine groups is 1. The van der Waals surface area contributed by atoms with E-state index in [9.17, 15) is 9.59 Å². The molecule has 196 valence electrons. The second-order valence-electron chi connectivity index (χ2n) is 8.84. The maximum absolute atomic E-state index is 13.9. The summed E-state index contributed by atoms with van der Waals surface area (Å²) >= 11 is 2.86. The first kappa shape index (κ1) is 25.0. The van der Waals surface area contributed by atoms with E-state index in [1.807, 2.05) is 97.7 Å². The fourth-order valence-corrected chi connectivity index (χ4v) is 7.10. The number of methoxy groups -OCH3 is 1. The molecule has 0 spiro atoms. The van der Waals surface area contributed by atoms with Gasteiger partial charge in [-0.3, -0.25) is 19.6 Å². The van der Waals surface area contributed by atoms with Gasteiger partial charge in [0.05, 0.1) is 24.2 Å². The van der Waals surface area contributed by atoms with Gasteiger partial charge in [0.1, 0.15) is 25.5 Å². The van der Waals surface area contributed by atoms with Crippen molar-refractivity contribution in [3.8, 4) is 5.75 Å². The van der Waals surface area contributed by atoms with Crippen LogP contribution in [0.25, 0.3) is 10.6 Å². The number of thioether (sulfide) groups is 1. The zero-order chi connectivity index (χ0) is 27.1. The van der Waals surface area contributed by atoms with Crippen LogP contribution in [0.5, 0.6) is 5.75 Å². The van der Waals surface area contributed by atoms with E-state index in [2.05, 4.69) is 5.43 Å². The highest BCUT2D eigenvalue weighted by atomic mass is 32.2. The van der Waals surface area contributed by atoms with E-state index >= 15 is 0 Å². The predicted molar refractivity (Wildman–Crippen MR) is 158 cm³/mol. The Kier molecular flexibility index (Phi) is 6.49. The van der Waals surface area contributed by atoms with Crippen molar-refractivity contribution in [3.05, 3.63) is 98.4 Å². The third-order valence-electron chi connectivity index (χ3n) is 6.53. The molecule has 6 rings (SSSR count). The Labute approximate surface area is 233 Å². The molecule has 1 fully saturated rings. The minimum Gasteiger partial charge on any atom is -0.497 e. The first-order valence-electron chi connectivity index (χ1n) is 12.4. The Morgan fingerprint density at radius 1 is 0.974 bits per heavy atom. The Hall–Kier alpha value is -4.28. The van der Waals surface area contributed by atoms with Gasteiger partial charge in [0, 0.05) is 24.6 Å². The van der Waals surface area contributed by atoms with Gasteiger partial charge in [-0.2, -0.15) is 0 Å². The van der Waals surface area contributed by atoms with Crippen LogP contribution in [0.15, 0.2) is 93.5 Å². The standard InChI is InChI=1S/C29H25N5O3S2/c1-4-33-27(36)24(29-32(2)21-17-20(37-3)15-16-22(21)38-29)39-28(33)23-25(30-18-11-7-5-8-12-18)31-34(26(23)35)19-13-9-6-10-14-19/h5-17H,4H2,1-3H3,(H,30,31)/b28-23?,29-24+. The first-order chi connectivity index (χ1) is 19.0. The molecule has 1 amide bonds. The van der Waals surface area contributed by atoms with Crippen molar-refractivity contribution in [2.45, 2.75) is 18.4 Å². The fourth-order valence-electron chi connectivity index (χ4n) is 4.56. The number of carbonyl (C=O) groups is 1. The summed E-state index contributed by atoms with van der Waals surface area (Å²) in [7, 11) is 3.58. The van der Waals surface area contributed by atoms with Crippen LogP contribution >= 0.6 is 23.1 Å². The van der Waals surface area contributed by atoms with Crippen LogP contribution in [-0.2, 0) is 11.3 Å². The number of carbonyl (C=O) groups excluding carboxylic acids is 1. The number of nitrogens with zero attached hydrogens (tertiary/aromatic N) is 4.